The molecule has 6 aliphatic rings. The van der Waals surface area contributed by atoms with Crippen LogP contribution in [-0.4, -0.2) is 0 Å². The molecule has 0 N–H and O–H groups in total. The number of unbranched alkanes of at least 4 members (excludes halogenated alkanes) is 1. The van der Waals surface area contributed by atoms with Gasteiger partial charge in [-0.3, -0.25) is 0 Å². The Balaban J connectivity index is 0.000000766. The minimum absolute atomic E-state index is 0. The molecule has 10 atom stereocenters. The van der Waals surface area contributed by atoms with Crippen LogP contribution in [0, 0.1) is 85.4 Å². The zero-order valence-corrected chi connectivity index (χ0v) is 29.8. The Bertz CT molecular complexity index is 655. The molecule has 6 saturated carbocycles. The van der Waals surface area contributed by atoms with E-state index in [1.54, 1.807) is 96.3 Å². The second-order valence-electron chi connectivity index (χ2n) is 15.0. The van der Waals surface area contributed by atoms with E-state index >= 15 is 0 Å². The summed E-state index contributed by atoms with van der Waals surface area (Å²) in [5.41, 5.74) is 0.590. The van der Waals surface area contributed by atoms with Gasteiger partial charge in [0.25, 0.3) is 0 Å². The Morgan fingerprint density at radius 3 is 1.66 bits per heavy atom. The van der Waals surface area contributed by atoms with Crippen molar-refractivity contribution in [2.45, 2.75) is 136 Å². The quantitative estimate of drug-likeness (QED) is 0.261. The van der Waals surface area contributed by atoms with Gasteiger partial charge >= 0.3 is 37.9 Å². The molecule has 0 aromatic heterocycles. The van der Waals surface area contributed by atoms with Gasteiger partial charge in [-0.25, -0.2) is 0 Å². The van der Waals surface area contributed by atoms with Crippen LogP contribution < -0.4 is 0 Å². The van der Waals surface area contributed by atoms with Crippen molar-refractivity contribution < 1.29 is 20.8 Å². The fourth-order valence-corrected chi connectivity index (χ4v) is 12.2. The van der Waals surface area contributed by atoms with E-state index in [2.05, 4.69) is 20.8 Å². The molecule has 0 aromatic rings. The van der Waals surface area contributed by atoms with E-state index in [9.17, 15) is 0 Å². The number of hydrogen-bond acceptors (Lipinski definition) is 0. The zero-order valence-electron chi connectivity index (χ0n) is 25.8. The van der Waals surface area contributed by atoms with Gasteiger partial charge in [0.05, 0.1) is 0 Å². The van der Waals surface area contributed by atoms with E-state index in [1.807, 2.05) is 0 Å². The second kappa shape index (κ2) is 15.3. The van der Waals surface area contributed by atoms with Gasteiger partial charge in [-0.2, -0.15) is 0 Å². The third kappa shape index (κ3) is 6.66. The van der Waals surface area contributed by atoms with Crippen LogP contribution >= 0.6 is 17.0 Å². The Morgan fingerprint density at radius 1 is 0.658 bits per heavy atom. The molecule has 6 fully saturated rings. The molecular formula is C35H62Cl2Zr. The van der Waals surface area contributed by atoms with Crippen LogP contribution in [-0.2, 0) is 20.8 Å². The summed E-state index contributed by atoms with van der Waals surface area (Å²) >= 11 is -0.826. The maximum absolute atomic E-state index is 4.93. The summed E-state index contributed by atoms with van der Waals surface area (Å²) in [6.45, 7) is 8.01. The van der Waals surface area contributed by atoms with E-state index in [4.69, 9.17) is 17.0 Å². The Morgan fingerprint density at radius 2 is 1.16 bits per heavy atom. The monoisotopic (exact) mass is 642 g/mol. The Labute approximate surface area is 258 Å². The average molecular weight is 645 g/mol. The van der Waals surface area contributed by atoms with Gasteiger partial charge in [-0.05, 0) is 122 Å². The maximum atomic E-state index is 4.93. The van der Waals surface area contributed by atoms with Gasteiger partial charge in [-0.1, -0.05) is 85.0 Å². The van der Waals surface area contributed by atoms with Crippen molar-refractivity contribution >= 4 is 17.0 Å². The predicted octanol–water partition coefficient (Wildman–Crippen LogP) is 12.2. The van der Waals surface area contributed by atoms with Gasteiger partial charge in [-0.15, -0.1) is 0 Å². The SMILES string of the molecule is CCCCC1CCC(C(C)(C)C2C3CCC4CCCCC4C3C3C4CCCCC4CCC32)C1.[CH3-].[CH3-].[Cl][Zr+2][Cl]. The standard InChI is InChI=1S/C33H56.2CH3.2ClH.Zr/c1-4-5-10-22-15-18-25(21-22)33(2,3)32-28-19-16-23-11-6-8-13-26(23)30(28)31-27-14-9-7-12-24(27)17-20-29(31)32;;;;;/h22-32H,4-21H2,1-3H3;2*1H3;2*1H;/q;2*-1;;;+4/p-2. The first-order chi connectivity index (χ1) is 17.5. The normalized spacial score (nSPS) is 43.4. The molecule has 10 unspecified atom stereocenters. The van der Waals surface area contributed by atoms with E-state index in [0.29, 0.717) is 5.41 Å². The predicted molar refractivity (Wildman–Crippen MR) is 165 cm³/mol. The van der Waals surface area contributed by atoms with Crippen LogP contribution in [0.1, 0.15) is 136 Å². The van der Waals surface area contributed by atoms with Gasteiger partial charge in [0.2, 0.25) is 0 Å². The molecule has 0 bridgehead atoms. The van der Waals surface area contributed by atoms with Crippen LogP contribution in [0.15, 0.2) is 0 Å². The number of halogens is 2. The summed E-state index contributed by atoms with van der Waals surface area (Å²) in [5, 5.41) is 0. The fraction of sp³-hybridized carbons (Fsp3) is 0.943. The average Bonchev–Trinajstić information content (AvgIpc) is 3.51. The topological polar surface area (TPSA) is 0 Å². The first-order valence-corrected chi connectivity index (χ1v) is 22.8. The fourth-order valence-electron chi connectivity index (χ4n) is 12.2. The summed E-state index contributed by atoms with van der Waals surface area (Å²) in [4.78, 5) is 0. The summed E-state index contributed by atoms with van der Waals surface area (Å²) in [7, 11) is 9.87. The van der Waals surface area contributed by atoms with Crippen molar-refractivity contribution in [2.75, 3.05) is 0 Å². The van der Waals surface area contributed by atoms with Gasteiger partial charge in [0.15, 0.2) is 0 Å². The molecule has 0 aromatic carbocycles. The van der Waals surface area contributed by atoms with Gasteiger partial charge in [0, 0.05) is 0 Å². The summed E-state index contributed by atoms with van der Waals surface area (Å²) in [6, 6.07) is 0. The van der Waals surface area contributed by atoms with E-state index in [0.717, 1.165) is 65.1 Å². The van der Waals surface area contributed by atoms with E-state index < -0.39 is 20.8 Å². The van der Waals surface area contributed by atoms with Crippen molar-refractivity contribution in [3.8, 4) is 0 Å². The molecule has 0 spiro atoms. The van der Waals surface area contributed by atoms with Crippen LogP contribution in [0.4, 0.5) is 0 Å². The van der Waals surface area contributed by atoms with Gasteiger partial charge in [0.1, 0.15) is 0 Å². The molecule has 0 heterocycles. The molecule has 6 rings (SSSR count). The summed E-state index contributed by atoms with van der Waals surface area (Å²) < 4.78 is 0. The number of hydrogen-bond donors (Lipinski definition) is 0. The van der Waals surface area contributed by atoms with Crippen LogP contribution in [0.3, 0.4) is 0 Å². The molecule has 6 aliphatic carbocycles. The Hall–Kier alpha value is 1.46. The molecule has 0 aliphatic heterocycles. The first kappa shape index (κ1) is 34.0. The summed E-state index contributed by atoms with van der Waals surface area (Å²) in [6.07, 6.45) is 28.2. The van der Waals surface area contributed by atoms with Gasteiger partial charge < -0.3 is 14.9 Å². The molecule has 0 saturated heterocycles. The molecule has 0 radical (unpaired) electrons. The van der Waals surface area contributed by atoms with Crippen molar-refractivity contribution in [3.05, 3.63) is 14.9 Å². The molecule has 220 valence electrons. The molecular weight excluding hydrogens is 583 g/mol. The molecule has 38 heavy (non-hydrogen) atoms. The second-order valence-corrected chi connectivity index (χ2v) is 18.7. The number of fused-ring (bicyclic) bond motifs is 7. The van der Waals surface area contributed by atoms with E-state index in [1.165, 1.54) is 19.3 Å². The third-order valence-electron chi connectivity index (χ3n) is 13.4. The molecule has 3 heteroatoms. The Kier molecular flexibility index (Phi) is 13.6. The van der Waals surface area contributed by atoms with Crippen LogP contribution in [0.2, 0.25) is 0 Å². The number of rotatable bonds is 5. The van der Waals surface area contributed by atoms with E-state index in [-0.39, 0.29) is 14.9 Å². The van der Waals surface area contributed by atoms with Crippen LogP contribution in [0.5, 0.6) is 0 Å². The van der Waals surface area contributed by atoms with Crippen molar-refractivity contribution in [2.24, 2.45) is 70.5 Å². The molecule has 0 nitrogen and oxygen atoms in total. The van der Waals surface area contributed by atoms with Crippen molar-refractivity contribution in [1.82, 2.24) is 0 Å². The first-order valence-electron chi connectivity index (χ1n) is 16.5. The minimum atomic E-state index is -0.826. The third-order valence-corrected chi connectivity index (χ3v) is 13.4. The van der Waals surface area contributed by atoms with Crippen molar-refractivity contribution in [1.29, 1.82) is 0 Å². The van der Waals surface area contributed by atoms with Crippen LogP contribution in [0.25, 0.3) is 0 Å². The molecule has 0 amide bonds. The summed E-state index contributed by atoms with van der Waals surface area (Å²) in [5.74, 6) is 12.1. The van der Waals surface area contributed by atoms with Crippen molar-refractivity contribution in [3.63, 3.8) is 0 Å². The zero-order chi connectivity index (χ0) is 25.3.